The molecule has 1 aromatic carbocycles. The van der Waals surface area contributed by atoms with Gasteiger partial charge in [0.2, 0.25) is 0 Å². The molecule has 0 saturated heterocycles. The first kappa shape index (κ1) is 16.2. The third-order valence-electron chi connectivity index (χ3n) is 2.71. The van der Waals surface area contributed by atoms with Crippen LogP contribution < -0.4 is 5.32 Å². The lowest BCUT2D eigenvalue weighted by Gasteiger charge is -2.27. The van der Waals surface area contributed by atoms with Gasteiger partial charge in [-0.2, -0.15) is 0 Å². The van der Waals surface area contributed by atoms with Crippen molar-refractivity contribution in [1.29, 1.82) is 0 Å². The molecule has 2 N–H and O–H groups in total. The number of nitrogens with one attached hydrogen (secondary N) is 1. The van der Waals surface area contributed by atoms with E-state index in [4.69, 9.17) is 5.11 Å². The predicted octanol–water partition coefficient (Wildman–Crippen LogP) is 2.43. The van der Waals surface area contributed by atoms with Crippen LogP contribution in [0.1, 0.15) is 26.3 Å². The normalized spacial score (nSPS) is 13.7. The monoisotopic (exact) mass is 284 g/mol. The number of carboxylic acids is 1. The standard InChI is InChI=1S/C14H18F2N2O2/c1-14(2,3)12(13(19)20)18-8-17-7-9-5-4-6-10(15)11(9)16/h4-7,12,18H,8H2,1-3H3,(H,19,20)/b17-7+/t12-/m1/s1. The van der Waals surface area contributed by atoms with E-state index in [1.165, 1.54) is 18.3 Å². The lowest BCUT2D eigenvalue weighted by molar-refractivity contribution is -0.142. The molecule has 0 heterocycles. The number of carboxylic acid groups (broad SMARTS) is 1. The van der Waals surface area contributed by atoms with Crippen molar-refractivity contribution < 1.29 is 18.7 Å². The highest BCUT2D eigenvalue weighted by Gasteiger charge is 2.30. The van der Waals surface area contributed by atoms with E-state index in [-0.39, 0.29) is 12.2 Å². The molecule has 0 aliphatic heterocycles. The van der Waals surface area contributed by atoms with Crippen molar-refractivity contribution in [2.45, 2.75) is 26.8 Å². The summed E-state index contributed by atoms with van der Waals surface area (Å²) in [4.78, 5) is 15.0. The molecule has 110 valence electrons. The second kappa shape index (κ2) is 6.56. The second-order valence-corrected chi connectivity index (χ2v) is 5.45. The Balaban J connectivity index is 2.65. The molecule has 20 heavy (non-hydrogen) atoms. The Bertz CT molecular complexity index is 510. The van der Waals surface area contributed by atoms with Crippen LogP contribution in [-0.2, 0) is 4.79 Å². The van der Waals surface area contributed by atoms with Gasteiger partial charge in [0, 0.05) is 11.8 Å². The minimum absolute atomic E-state index is 0.00416. The number of hydrogen-bond acceptors (Lipinski definition) is 3. The highest BCUT2D eigenvalue weighted by Crippen LogP contribution is 2.19. The molecule has 0 unspecified atom stereocenters. The van der Waals surface area contributed by atoms with Crippen molar-refractivity contribution in [3.8, 4) is 0 Å². The first-order chi connectivity index (χ1) is 9.23. The highest BCUT2D eigenvalue weighted by atomic mass is 19.2. The van der Waals surface area contributed by atoms with E-state index in [0.717, 1.165) is 6.07 Å². The van der Waals surface area contributed by atoms with E-state index in [9.17, 15) is 13.6 Å². The fourth-order valence-electron chi connectivity index (χ4n) is 1.67. The molecule has 1 aromatic rings. The smallest absolute Gasteiger partial charge is 0.321 e. The summed E-state index contributed by atoms with van der Waals surface area (Å²) in [7, 11) is 0. The largest absolute Gasteiger partial charge is 0.480 e. The molecule has 4 nitrogen and oxygen atoms in total. The third kappa shape index (κ3) is 4.38. The Kier molecular flexibility index (Phi) is 5.33. The van der Waals surface area contributed by atoms with Crippen LogP contribution in [0.3, 0.4) is 0 Å². The fraction of sp³-hybridized carbons (Fsp3) is 0.429. The van der Waals surface area contributed by atoms with Gasteiger partial charge in [-0.05, 0) is 11.5 Å². The molecule has 1 atom stereocenters. The Labute approximate surface area is 116 Å². The van der Waals surface area contributed by atoms with Crippen molar-refractivity contribution in [3.63, 3.8) is 0 Å². The average molecular weight is 284 g/mol. The van der Waals surface area contributed by atoms with Crippen LogP contribution >= 0.6 is 0 Å². The summed E-state index contributed by atoms with van der Waals surface area (Å²) in [6.45, 7) is 5.36. The van der Waals surface area contributed by atoms with Crippen LogP contribution in [0.2, 0.25) is 0 Å². The summed E-state index contributed by atoms with van der Waals surface area (Å²) in [5.74, 6) is -2.90. The number of aliphatic carboxylic acids is 1. The molecule has 0 spiro atoms. The van der Waals surface area contributed by atoms with Crippen molar-refractivity contribution >= 4 is 12.2 Å². The number of nitrogens with zero attached hydrogens (tertiary/aromatic N) is 1. The summed E-state index contributed by atoms with van der Waals surface area (Å²) in [5.41, 5.74) is -0.458. The number of aliphatic imine (C=N–C) groups is 1. The summed E-state index contributed by atoms with van der Waals surface area (Å²) in [5, 5.41) is 11.8. The van der Waals surface area contributed by atoms with Crippen LogP contribution in [0.5, 0.6) is 0 Å². The molecular weight excluding hydrogens is 266 g/mol. The van der Waals surface area contributed by atoms with Gasteiger partial charge in [0.1, 0.15) is 6.04 Å². The van der Waals surface area contributed by atoms with E-state index < -0.39 is 29.1 Å². The van der Waals surface area contributed by atoms with Gasteiger partial charge in [0.25, 0.3) is 0 Å². The minimum Gasteiger partial charge on any atom is -0.480 e. The second-order valence-electron chi connectivity index (χ2n) is 5.45. The zero-order chi connectivity index (χ0) is 15.3. The lowest BCUT2D eigenvalue weighted by Crippen LogP contribution is -2.46. The van der Waals surface area contributed by atoms with Crippen LogP contribution in [0, 0.1) is 17.0 Å². The average Bonchev–Trinajstić information content (AvgIpc) is 2.31. The maximum Gasteiger partial charge on any atom is 0.321 e. The van der Waals surface area contributed by atoms with Gasteiger partial charge in [-0.3, -0.25) is 15.1 Å². The van der Waals surface area contributed by atoms with Crippen molar-refractivity contribution in [2.24, 2.45) is 10.4 Å². The topological polar surface area (TPSA) is 61.7 Å². The van der Waals surface area contributed by atoms with Crippen molar-refractivity contribution in [3.05, 3.63) is 35.4 Å². The summed E-state index contributed by atoms with van der Waals surface area (Å²) < 4.78 is 26.3. The van der Waals surface area contributed by atoms with Gasteiger partial charge in [-0.15, -0.1) is 0 Å². The summed E-state index contributed by atoms with van der Waals surface area (Å²) >= 11 is 0. The fourth-order valence-corrected chi connectivity index (χ4v) is 1.67. The number of halogens is 2. The first-order valence-electron chi connectivity index (χ1n) is 6.13. The Morgan fingerprint density at radius 2 is 2.10 bits per heavy atom. The molecule has 0 aromatic heterocycles. The molecule has 1 rings (SSSR count). The van der Waals surface area contributed by atoms with Crippen molar-refractivity contribution in [2.75, 3.05) is 6.67 Å². The van der Waals surface area contributed by atoms with Crippen molar-refractivity contribution in [1.82, 2.24) is 5.32 Å². The zero-order valence-electron chi connectivity index (χ0n) is 11.7. The van der Waals surface area contributed by atoms with E-state index >= 15 is 0 Å². The van der Waals surface area contributed by atoms with Gasteiger partial charge in [-0.1, -0.05) is 32.9 Å². The maximum absolute atomic E-state index is 13.3. The number of benzene rings is 1. The van der Waals surface area contributed by atoms with Gasteiger partial charge < -0.3 is 5.11 Å². The molecule has 0 aliphatic rings. The summed E-state index contributed by atoms with van der Waals surface area (Å²) in [6.07, 6.45) is 1.17. The van der Waals surface area contributed by atoms with E-state index in [0.29, 0.717) is 0 Å². The van der Waals surface area contributed by atoms with E-state index in [2.05, 4.69) is 10.3 Å². The molecule has 0 fully saturated rings. The molecule has 6 heteroatoms. The van der Waals surface area contributed by atoms with Crippen LogP contribution in [0.4, 0.5) is 8.78 Å². The maximum atomic E-state index is 13.3. The lowest BCUT2D eigenvalue weighted by atomic mass is 9.87. The molecule has 0 bridgehead atoms. The van der Waals surface area contributed by atoms with Crippen LogP contribution in [0.15, 0.2) is 23.2 Å². The molecule has 0 saturated carbocycles. The van der Waals surface area contributed by atoms with E-state index in [1.807, 2.05) is 0 Å². The Hall–Kier alpha value is -1.82. The minimum atomic E-state index is -0.982. The number of rotatable bonds is 5. The quantitative estimate of drug-likeness (QED) is 0.816. The van der Waals surface area contributed by atoms with Gasteiger partial charge in [-0.25, -0.2) is 8.78 Å². The summed E-state index contributed by atoms with van der Waals surface area (Å²) in [6, 6.07) is 3.00. The highest BCUT2D eigenvalue weighted by molar-refractivity contribution is 5.80. The number of carbonyl (C=O) groups is 1. The molecule has 0 radical (unpaired) electrons. The van der Waals surface area contributed by atoms with Gasteiger partial charge in [0.05, 0.1) is 6.67 Å². The van der Waals surface area contributed by atoms with Gasteiger partial charge in [0.15, 0.2) is 11.6 Å². The number of hydrogen-bond donors (Lipinski definition) is 2. The van der Waals surface area contributed by atoms with Gasteiger partial charge >= 0.3 is 5.97 Å². The SMILES string of the molecule is CC(C)(C)[C@H](NC/N=C/c1cccc(F)c1F)C(=O)O. The molecule has 0 aliphatic carbocycles. The predicted molar refractivity (Wildman–Crippen MR) is 72.8 cm³/mol. The van der Waals surface area contributed by atoms with E-state index in [1.54, 1.807) is 20.8 Å². The zero-order valence-corrected chi connectivity index (χ0v) is 11.7. The Morgan fingerprint density at radius 1 is 1.45 bits per heavy atom. The third-order valence-corrected chi connectivity index (χ3v) is 2.71. The first-order valence-corrected chi connectivity index (χ1v) is 6.13. The van der Waals surface area contributed by atoms with Crippen LogP contribution in [-0.4, -0.2) is 30.0 Å². The van der Waals surface area contributed by atoms with Crippen LogP contribution in [0.25, 0.3) is 0 Å². The molecule has 0 amide bonds. The molecular formula is C14H18F2N2O2. The Morgan fingerprint density at radius 3 is 2.65 bits per heavy atom.